The Labute approximate surface area is 91.5 Å². The van der Waals surface area contributed by atoms with Crippen LogP contribution in [0.5, 0.6) is 0 Å². The highest BCUT2D eigenvalue weighted by molar-refractivity contribution is 5.07. The van der Waals surface area contributed by atoms with Gasteiger partial charge in [-0.2, -0.15) is 0 Å². The van der Waals surface area contributed by atoms with Crippen LogP contribution in [0.15, 0.2) is 24.4 Å². The highest BCUT2D eigenvalue weighted by Gasteiger charge is 2.09. The number of aliphatic hydroxyl groups is 1. The zero-order valence-electron chi connectivity index (χ0n) is 9.48. The van der Waals surface area contributed by atoms with Crippen LogP contribution < -0.4 is 5.32 Å². The van der Waals surface area contributed by atoms with E-state index in [1.54, 1.807) is 0 Å². The minimum Gasteiger partial charge on any atom is -0.396 e. The zero-order chi connectivity index (χ0) is 11.1. The molecule has 0 aliphatic carbocycles. The van der Waals surface area contributed by atoms with Gasteiger partial charge in [0.15, 0.2) is 0 Å². The molecule has 0 aromatic carbocycles. The molecule has 0 aliphatic rings. The van der Waals surface area contributed by atoms with E-state index in [0.717, 1.165) is 18.5 Å². The number of nitrogens with zero attached hydrogens (tertiary/aromatic N) is 1. The van der Waals surface area contributed by atoms with Gasteiger partial charge in [0.05, 0.1) is 5.69 Å². The molecule has 2 atom stereocenters. The first-order valence-electron chi connectivity index (χ1n) is 5.52. The molecule has 3 nitrogen and oxygen atoms in total. The Kier molecular flexibility index (Phi) is 5.29. The average molecular weight is 208 g/mol. The fraction of sp³-hybridized carbons (Fsp3) is 0.583. The normalized spacial score (nSPS) is 14.9. The van der Waals surface area contributed by atoms with Crippen molar-refractivity contribution in [3.63, 3.8) is 0 Å². The number of nitrogens with one attached hydrogen (secondary N) is 1. The average Bonchev–Trinajstić information content (AvgIpc) is 2.27. The molecule has 0 radical (unpaired) electrons. The van der Waals surface area contributed by atoms with E-state index in [0.29, 0.717) is 6.04 Å². The van der Waals surface area contributed by atoms with Gasteiger partial charge >= 0.3 is 0 Å². The van der Waals surface area contributed by atoms with E-state index in [9.17, 15) is 0 Å². The molecule has 1 heterocycles. The van der Waals surface area contributed by atoms with Crippen LogP contribution in [-0.2, 0) is 0 Å². The molecular formula is C12H20N2O. The third kappa shape index (κ3) is 4.40. The fourth-order valence-corrected chi connectivity index (χ4v) is 1.63. The van der Waals surface area contributed by atoms with Crippen LogP contribution in [0, 0.1) is 0 Å². The van der Waals surface area contributed by atoms with Crippen molar-refractivity contribution in [2.45, 2.75) is 38.8 Å². The second-order valence-corrected chi connectivity index (χ2v) is 3.91. The van der Waals surface area contributed by atoms with E-state index >= 15 is 0 Å². The van der Waals surface area contributed by atoms with Gasteiger partial charge in [0.1, 0.15) is 0 Å². The van der Waals surface area contributed by atoms with Gasteiger partial charge in [-0.1, -0.05) is 6.07 Å². The molecule has 84 valence electrons. The lowest BCUT2D eigenvalue weighted by Gasteiger charge is -2.19. The molecule has 0 bridgehead atoms. The van der Waals surface area contributed by atoms with Crippen LogP contribution in [0.3, 0.4) is 0 Å². The summed E-state index contributed by atoms with van der Waals surface area (Å²) >= 11 is 0. The lowest BCUT2D eigenvalue weighted by atomic mass is 10.1. The first-order valence-corrected chi connectivity index (χ1v) is 5.52. The fourth-order valence-electron chi connectivity index (χ4n) is 1.63. The Bertz CT molecular complexity index is 264. The Balaban J connectivity index is 2.38. The van der Waals surface area contributed by atoms with Crippen molar-refractivity contribution >= 4 is 0 Å². The van der Waals surface area contributed by atoms with Gasteiger partial charge < -0.3 is 10.4 Å². The van der Waals surface area contributed by atoms with Crippen LogP contribution in [0.25, 0.3) is 0 Å². The summed E-state index contributed by atoms with van der Waals surface area (Å²) in [5.74, 6) is 0. The van der Waals surface area contributed by atoms with Gasteiger partial charge in [-0.15, -0.1) is 0 Å². The summed E-state index contributed by atoms with van der Waals surface area (Å²) < 4.78 is 0. The van der Waals surface area contributed by atoms with Crippen LogP contribution in [0.2, 0.25) is 0 Å². The maximum Gasteiger partial charge on any atom is 0.0570 e. The first-order chi connectivity index (χ1) is 7.24. The summed E-state index contributed by atoms with van der Waals surface area (Å²) in [5, 5.41) is 12.2. The molecule has 2 N–H and O–H groups in total. The molecule has 0 fully saturated rings. The minimum absolute atomic E-state index is 0.264. The molecule has 0 saturated heterocycles. The van der Waals surface area contributed by atoms with Gasteiger partial charge in [-0.25, -0.2) is 0 Å². The topological polar surface area (TPSA) is 45.1 Å². The van der Waals surface area contributed by atoms with Gasteiger partial charge in [0, 0.05) is 24.9 Å². The van der Waals surface area contributed by atoms with Gasteiger partial charge in [0.25, 0.3) is 0 Å². The Morgan fingerprint density at radius 1 is 1.40 bits per heavy atom. The molecule has 0 aliphatic heterocycles. The molecule has 1 aromatic rings. The van der Waals surface area contributed by atoms with Crippen LogP contribution >= 0.6 is 0 Å². The lowest BCUT2D eigenvalue weighted by Crippen LogP contribution is -2.29. The zero-order valence-corrected chi connectivity index (χ0v) is 9.48. The summed E-state index contributed by atoms with van der Waals surface area (Å²) in [4.78, 5) is 4.30. The Morgan fingerprint density at radius 2 is 2.20 bits per heavy atom. The predicted octanol–water partition coefficient (Wildman–Crippen LogP) is 1.89. The van der Waals surface area contributed by atoms with Crippen molar-refractivity contribution in [2.24, 2.45) is 0 Å². The van der Waals surface area contributed by atoms with E-state index < -0.39 is 0 Å². The van der Waals surface area contributed by atoms with E-state index in [4.69, 9.17) is 5.11 Å². The second kappa shape index (κ2) is 6.53. The van der Waals surface area contributed by atoms with Crippen molar-refractivity contribution < 1.29 is 5.11 Å². The number of hydrogen-bond acceptors (Lipinski definition) is 3. The number of hydrogen-bond donors (Lipinski definition) is 2. The van der Waals surface area contributed by atoms with Crippen molar-refractivity contribution in [2.75, 3.05) is 6.61 Å². The number of aromatic nitrogens is 1. The first kappa shape index (κ1) is 12.1. The maximum absolute atomic E-state index is 8.73. The smallest absolute Gasteiger partial charge is 0.0570 e. The molecule has 0 unspecified atom stereocenters. The summed E-state index contributed by atoms with van der Waals surface area (Å²) in [7, 11) is 0. The van der Waals surface area contributed by atoms with Crippen LogP contribution in [0.4, 0.5) is 0 Å². The second-order valence-electron chi connectivity index (χ2n) is 3.91. The largest absolute Gasteiger partial charge is 0.396 e. The molecule has 3 heteroatoms. The molecule has 1 rings (SSSR count). The molecule has 15 heavy (non-hydrogen) atoms. The number of aliphatic hydroxyl groups excluding tert-OH is 1. The molecule has 0 spiro atoms. The van der Waals surface area contributed by atoms with Crippen molar-refractivity contribution in [3.05, 3.63) is 30.1 Å². The quantitative estimate of drug-likeness (QED) is 0.750. The molecule has 0 saturated carbocycles. The predicted molar refractivity (Wildman–Crippen MR) is 61.6 cm³/mol. The van der Waals surface area contributed by atoms with E-state index in [1.807, 2.05) is 24.4 Å². The summed E-state index contributed by atoms with van der Waals surface area (Å²) in [6.45, 7) is 4.51. The molecule has 1 aromatic heterocycles. The minimum atomic E-state index is 0.264. The maximum atomic E-state index is 8.73. The van der Waals surface area contributed by atoms with Gasteiger partial charge in [-0.3, -0.25) is 4.98 Å². The Hall–Kier alpha value is -0.930. The van der Waals surface area contributed by atoms with E-state index in [1.165, 1.54) is 0 Å². The van der Waals surface area contributed by atoms with Crippen LogP contribution in [-0.4, -0.2) is 22.7 Å². The lowest BCUT2D eigenvalue weighted by molar-refractivity contribution is 0.274. The molecule has 0 amide bonds. The van der Waals surface area contributed by atoms with Gasteiger partial charge in [-0.05, 0) is 38.8 Å². The van der Waals surface area contributed by atoms with Crippen molar-refractivity contribution in [3.8, 4) is 0 Å². The monoisotopic (exact) mass is 208 g/mol. The SMILES string of the molecule is C[C@@H](CCCO)N[C@H](C)c1ccccn1. The highest BCUT2D eigenvalue weighted by atomic mass is 16.2. The highest BCUT2D eigenvalue weighted by Crippen LogP contribution is 2.10. The van der Waals surface area contributed by atoms with Crippen molar-refractivity contribution in [1.82, 2.24) is 10.3 Å². The van der Waals surface area contributed by atoms with E-state index in [2.05, 4.69) is 24.1 Å². The van der Waals surface area contributed by atoms with Crippen molar-refractivity contribution in [1.29, 1.82) is 0 Å². The Morgan fingerprint density at radius 3 is 2.80 bits per heavy atom. The van der Waals surface area contributed by atoms with Gasteiger partial charge in [0.2, 0.25) is 0 Å². The standard InChI is InChI=1S/C12H20N2O/c1-10(6-5-9-15)14-11(2)12-7-3-4-8-13-12/h3-4,7-8,10-11,14-15H,5-6,9H2,1-2H3/t10-,11+/m0/s1. The summed E-state index contributed by atoms with van der Waals surface area (Å²) in [6.07, 6.45) is 3.66. The number of pyridine rings is 1. The third-order valence-corrected chi connectivity index (χ3v) is 2.46. The molecular weight excluding hydrogens is 188 g/mol. The third-order valence-electron chi connectivity index (χ3n) is 2.46. The summed E-state index contributed by atoms with van der Waals surface area (Å²) in [5.41, 5.74) is 1.06. The van der Waals surface area contributed by atoms with Crippen LogP contribution in [0.1, 0.15) is 38.4 Å². The van der Waals surface area contributed by atoms with E-state index in [-0.39, 0.29) is 12.6 Å². The summed E-state index contributed by atoms with van der Waals surface area (Å²) in [6, 6.07) is 6.62. The number of rotatable bonds is 6.